The molecule has 0 unspecified atom stereocenters. The van der Waals surface area contributed by atoms with E-state index in [1.54, 1.807) is 0 Å². The van der Waals surface area contributed by atoms with Gasteiger partial charge in [-0.3, -0.25) is 0 Å². The third-order valence-corrected chi connectivity index (χ3v) is 4.98. The van der Waals surface area contributed by atoms with Gasteiger partial charge in [0.1, 0.15) is 17.1 Å². The van der Waals surface area contributed by atoms with Gasteiger partial charge in [-0.2, -0.15) is 15.0 Å². The number of hydrogen-bond acceptors (Lipinski definition) is 4. The van der Waals surface area contributed by atoms with E-state index in [2.05, 4.69) is 58.3 Å². The summed E-state index contributed by atoms with van der Waals surface area (Å²) in [5.41, 5.74) is 6.46. The summed E-state index contributed by atoms with van der Waals surface area (Å²) in [4.78, 5) is 6.04. The van der Waals surface area contributed by atoms with Crippen molar-refractivity contribution < 1.29 is 0 Å². The highest BCUT2D eigenvalue weighted by Crippen LogP contribution is 2.29. The molecule has 4 rings (SSSR count). The summed E-state index contributed by atoms with van der Waals surface area (Å²) in [7, 11) is 8.20. The van der Waals surface area contributed by atoms with Crippen molar-refractivity contribution in [1.82, 2.24) is 15.0 Å². The van der Waals surface area contributed by atoms with Gasteiger partial charge in [-0.15, -0.1) is 0 Å². The topological polar surface area (TPSA) is 37.2 Å². The zero-order valence-corrected chi connectivity index (χ0v) is 16.7. The van der Waals surface area contributed by atoms with E-state index in [4.69, 9.17) is 10.2 Å². The molecule has 5 heteroatoms. The molecule has 0 N–H and O–H groups in total. The summed E-state index contributed by atoms with van der Waals surface area (Å²) in [6, 6.07) is 25.1. The smallest absolute Gasteiger partial charge is 0.122 e. The first-order valence-corrected chi connectivity index (χ1v) is 9.39. The Hall–Kier alpha value is -3.34. The van der Waals surface area contributed by atoms with Crippen LogP contribution >= 0.6 is 0 Å². The molecular formula is C23H25N5. The van der Waals surface area contributed by atoms with Crippen LogP contribution in [0.15, 0.2) is 72.8 Å². The van der Waals surface area contributed by atoms with Crippen molar-refractivity contribution in [3.8, 4) is 0 Å². The summed E-state index contributed by atoms with van der Waals surface area (Å²) in [6.07, 6.45) is 0. The predicted molar refractivity (Wildman–Crippen MR) is 116 cm³/mol. The van der Waals surface area contributed by atoms with Gasteiger partial charge in [-0.05, 0) is 47.5 Å². The van der Waals surface area contributed by atoms with Gasteiger partial charge >= 0.3 is 0 Å². The molecule has 28 heavy (non-hydrogen) atoms. The highest BCUT2D eigenvalue weighted by molar-refractivity contribution is 5.73. The molecule has 1 heterocycles. The average molecular weight is 371 g/mol. The first kappa shape index (κ1) is 18.0. The number of fused-ring (bicyclic) bond motifs is 1. The molecule has 0 aliphatic rings. The Labute approximate surface area is 165 Å². The fourth-order valence-corrected chi connectivity index (χ4v) is 3.36. The molecule has 1 aromatic heterocycles. The second-order valence-electron chi connectivity index (χ2n) is 7.38. The first-order chi connectivity index (χ1) is 13.5. The molecule has 0 saturated carbocycles. The quantitative estimate of drug-likeness (QED) is 0.527. The zero-order valence-electron chi connectivity index (χ0n) is 16.7. The van der Waals surface area contributed by atoms with Crippen molar-refractivity contribution in [3.63, 3.8) is 0 Å². The molecule has 0 bridgehead atoms. The summed E-state index contributed by atoms with van der Waals surface area (Å²) in [5, 5.41) is 9.53. The summed E-state index contributed by atoms with van der Waals surface area (Å²) >= 11 is 0. The van der Waals surface area contributed by atoms with Gasteiger partial charge in [-0.1, -0.05) is 36.4 Å². The molecule has 0 atom stereocenters. The van der Waals surface area contributed by atoms with Crippen LogP contribution in [0.3, 0.4) is 0 Å². The number of aromatic nitrogens is 3. The minimum absolute atomic E-state index is 0.0835. The van der Waals surface area contributed by atoms with Crippen molar-refractivity contribution >= 4 is 22.4 Å². The Bertz CT molecular complexity index is 978. The minimum Gasteiger partial charge on any atom is -0.378 e. The van der Waals surface area contributed by atoms with E-state index in [9.17, 15) is 0 Å². The highest BCUT2D eigenvalue weighted by Gasteiger charge is 2.20. The second kappa shape index (κ2) is 7.35. The van der Waals surface area contributed by atoms with Gasteiger partial charge in [0.15, 0.2) is 0 Å². The van der Waals surface area contributed by atoms with Crippen LogP contribution in [0.2, 0.25) is 0 Å². The summed E-state index contributed by atoms with van der Waals surface area (Å²) in [5.74, 6) is 0. The van der Waals surface area contributed by atoms with Crippen LogP contribution in [0.4, 0.5) is 11.4 Å². The van der Waals surface area contributed by atoms with Gasteiger partial charge in [0.05, 0.1) is 0 Å². The molecule has 3 aromatic carbocycles. The molecule has 0 amide bonds. The lowest BCUT2D eigenvalue weighted by atomic mass is 9.98. The lowest BCUT2D eigenvalue weighted by Gasteiger charge is -2.20. The van der Waals surface area contributed by atoms with Gasteiger partial charge in [0, 0.05) is 39.6 Å². The van der Waals surface area contributed by atoms with Crippen LogP contribution in [0.1, 0.15) is 17.2 Å². The van der Waals surface area contributed by atoms with E-state index >= 15 is 0 Å². The van der Waals surface area contributed by atoms with Gasteiger partial charge in [-0.25, -0.2) is 0 Å². The minimum atomic E-state index is -0.0835. The maximum absolute atomic E-state index is 4.77. The van der Waals surface area contributed by atoms with Crippen LogP contribution in [0.5, 0.6) is 0 Å². The van der Waals surface area contributed by atoms with Gasteiger partial charge in [0.25, 0.3) is 0 Å². The van der Waals surface area contributed by atoms with E-state index in [1.165, 1.54) is 11.4 Å². The molecule has 0 aliphatic carbocycles. The van der Waals surface area contributed by atoms with E-state index in [0.29, 0.717) is 0 Å². The Morgan fingerprint density at radius 3 is 1.36 bits per heavy atom. The lowest BCUT2D eigenvalue weighted by molar-refractivity contribution is 0.526. The number of anilines is 2. The van der Waals surface area contributed by atoms with E-state index in [-0.39, 0.29) is 6.04 Å². The molecule has 0 radical (unpaired) electrons. The third kappa shape index (κ3) is 3.43. The Morgan fingerprint density at radius 1 is 0.607 bits per heavy atom. The second-order valence-corrected chi connectivity index (χ2v) is 7.38. The number of hydrogen-bond donors (Lipinski definition) is 0. The Kier molecular flexibility index (Phi) is 4.74. The molecule has 0 saturated heterocycles. The summed E-state index contributed by atoms with van der Waals surface area (Å²) in [6.45, 7) is 0. The molecular weight excluding hydrogens is 346 g/mol. The fraction of sp³-hybridized carbons (Fsp3) is 0.217. The number of rotatable bonds is 5. The standard InChI is InChI=1S/C23H25N5/c1-26(2)19-13-9-17(10-14-19)23(18-11-15-20(16-12-18)27(3)4)28-24-21-7-5-6-8-22(21)25-28/h5-16,23H,1-4H3. The molecule has 0 fully saturated rings. The van der Waals surface area contributed by atoms with E-state index < -0.39 is 0 Å². The monoisotopic (exact) mass is 371 g/mol. The normalized spacial score (nSPS) is 11.2. The van der Waals surface area contributed by atoms with Crippen molar-refractivity contribution in [2.45, 2.75) is 6.04 Å². The lowest BCUT2D eigenvalue weighted by Crippen LogP contribution is -2.16. The number of benzene rings is 3. The fourth-order valence-electron chi connectivity index (χ4n) is 3.36. The van der Waals surface area contributed by atoms with Crippen molar-refractivity contribution in [2.24, 2.45) is 0 Å². The van der Waals surface area contributed by atoms with Crippen molar-refractivity contribution in [3.05, 3.63) is 83.9 Å². The Morgan fingerprint density at radius 2 is 1.00 bits per heavy atom. The predicted octanol–water partition coefficient (Wildman–Crippen LogP) is 4.20. The molecule has 0 spiro atoms. The zero-order chi connectivity index (χ0) is 19.7. The SMILES string of the molecule is CN(C)c1ccc(C(c2ccc(N(C)C)cc2)n2nc3ccccc3n2)cc1. The summed E-state index contributed by atoms with van der Waals surface area (Å²) < 4.78 is 0. The number of nitrogens with zero attached hydrogens (tertiary/aromatic N) is 5. The maximum Gasteiger partial charge on any atom is 0.122 e. The third-order valence-electron chi connectivity index (χ3n) is 4.98. The van der Waals surface area contributed by atoms with Crippen LogP contribution in [0, 0.1) is 0 Å². The average Bonchev–Trinajstić information content (AvgIpc) is 3.12. The van der Waals surface area contributed by atoms with E-state index in [0.717, 1.165) is 22.2 Å². The van der Waals surface area contributed by atoms with Crippen molar-refractivity contribution in [2.75, 3.05) is 38.0 Å². The molecule has 5 nitrogen and oxygen atoms in total. The van der Waals surface area contributed by atoms with E-state index in [1.807, 2.05) is 57.3 Å². The van der Waals surface area contributed by atoms with Crippen LogP contribution < -0.4 is 9.80 Å². The molecule has 0 aliphatic heterocycles. The highest BCUT2D eigenvalue weighted by atomic mass is 15.5. The van der Waals surface area contributed by atoms with Crippen LogP contribution in [-0.2, 0) is 0 Å². The van der Waals surface area contributed by atoms with Crippen molar-refractivity contribution in [1.29, 1.82) is 0 Å². The maximum atomic E-state index is 4.77. The van der Waals surface area contributed by atoms with Gasteiger partial charge < -0.3 is 9.80 Å². The Balaban J connectivity index is 1.82. The molecule has 142 valence electrons. The van der Waals surface area contributed by atoms with Gasteiger partial charge in [0.2, 0.25) is 0 Å². The first-order valence-electron chi connectivity index (χ1n) is 9.39. The molecule has 4 aromatic rings. The van der Waals surface area contributed by atoms with Crippen LogP contribution in [-0.4, -0.2) is 43.2 Å². The largest absolute Gasteiger partial charge is 0.378 e. The van der Waals surface area contributed by atoms with Crippen LogP contribution in [0.25, 0.3) is 11.0 Å².